The maximum absolute atomic E-state index is 5.34. The SMILES string of the molecule is COc1ccc(-c2ccsc2C)c(CNC(C)C)c1. The minimum atomic E-state index is 0.475. The van der Waals surface area contributed by atoms with E-state index in [1.54, 1.807) is 18.4 Å². The molecule has 0 saturated heterocycles. The van der Waals surface area contributed by atoms with Crippen LogP contribution in [0.4, 0.5) is 0 Å². The third-order valence-electron chi connectivity index (χ3n) is 3.16. The van der Waals surface area contributed by atoms with Crippen LogP contribution >= 0.6 is 11.3 Å². The fourth-order valence-electron chi connectivity index (χ4n) is 2.08. The Hall–Kier alpha value is -1.32. The van der Waals surface area contributed by atoms with Gasteiger partial charge in [-0.15, -0.1) is 11.3 Å². The van der Waals surface area contributed by atoms with Crippen LogP contribution in [0, 0.1) is 6.92 Å². The Morgan fingerprint density at radius 2 is 2.00 bits per heavy atom. The van der Waals surface area contributed by atoms with Crippen LogP contribution in [0.3, 0.4) is 0 Å². The van der Waals surface area contributed by atoms with Crippen LogP contribution in [0.5, 0.6) is 5.75 Å². The number of aryl methyl sites for hydroxylation is 1. The molecule has 0 atom stereocenters. The summed E-state index contributed by atoms with van der Waals surface area (Å²) in [4.78, 5) is 1.36. The maximum Gasteiger partial charge on any atom is 0.119 e. The maximum atomic E-state index is 5.34. The van der Waals surface area contributed by atoms with Crippen molar-refractivity contribution < 1.29 is 4.74 Å². The number of thiophene rings is 1. The third-order valence-corrected chi connectivity index (χ3v) is 4.01. The van der Waals surface area contributed by atoms with Gasteiger partial charge in [0, 0.05) is 17.5 Å². The fourth-order valence-corrected chi connectivity index (χ4v) is 2.80. The Morgan fingerprint density at radius 3 is 2.58 bits per heavy atom. The largest absolute Gasteiger partial charge is 0.497 e. The summed E-state index contributed by atoms with van der Waals surface area (Å²) in [6.07, 6.45) is 0. The van der Waals surface area contributed by atoms with E-state index in [1.807, 2.05) is 6.07 Å². The van der Waals surface area contributed by atoms with Crippen molar-refractivity contribution in [3.63, 3.8) is 0 Å². The second kappa shape index (κ2) is 6.22. The van der Waals surface area contributed by atoms with Crippen molar-refractivity contribution in [1.29, 1.82) is 0 Å². The molecule has 0 bridgehead atoms. The molecular weight excluding hydrogens is 254 g/mol. The molecule has 1 aromatic carbocycles. The highest BCUT2D eigenvalue weighted by Crippen LogP contribution is 2.32. The number of methoxy groups -OCH3 is 1. The van der Waals surface area contributed by atoms with Crippen LogP contribution in [0.25, 0.3) is 11.1 Å². The summed E-state index contributed by atoms with van der Waals surface area (Å²) in [7, 11) is 1.71. The van der Waals surface area contributed by atoms with Crippen LogP contribution < -0.4 is 10.1 Å². The minimum absolute atomic E-state index is 0.475. The van der Waals surface area contributed by atoms with E-state index in [0.717, 1.165) is 12.3 Å². The Balaban J connectivity index is 2.39. The summed E-state index contributed by atoms with van der Waals surface area (Å²) in [5.41, 5.74) is 3.91. The standard InChI is InChI=1S/C16H21NOS/c1-11(2)17-10-13-9-14(18-4)5-6-16(13)15-7-8-19-12(15)3/h5-9,11,17H,10H2,1-4H3. The van der Waals surface area contributed by atoms with E-state index in [2.05, 4.69) is 49.7 Å². The van der Waals surface area contributed by atoms with E-state index in [9.17, 15) is 0 Å². The normalized spacial score (nSPS) is 11.0. The van der Waals surface area contributed by atoms with Gasteiger partial charge >= 0.3 is 0 Å². The fraction of sp³-hybridized carbons (Fsp3) is 0.375. The molecule has 0 aliphatic rings. The van der Waals surface area contributed by atoms with Gasteiger partial charge in [-0.25, -0.2) is 0 Å². The molecule has 1 aromatic heterocycles. The van der Waals surface area contributed by atoms with Gasteiger partial charge in [0.25, 0.3) is 0 Å². The summed E-state index contributed by atoms with van der Waals surface area (Å²) < 4.78 is 5.34. The van der Waals surface area contributed by atoms with Gasteiger partial charge in [0.15, 0.2) is 0 Å². The average molecular weight is 275 g/mol. The van der Waals surface area contributed by atoms with Crippen molar-refractivity contribution in [2.45, 2.75) is 33.4 Å². The summed E-state index contributed by atoms with van der Waals surface area (Å²) in [6.45, 7) is 7.36. The number of nitrogens with one attached hydrogen (secondary N) is 1. The predicted octanol–water partition coefficient (Wildman–Crippen LogP) is 4.23. The average Bonchev–Trinajstić information content (AvgIpc) is 2.82. The first kappa shape index (κ1) is 14.1. The van der Waals surface area contributed by atoms with Crippen molar-refractivity contribution >= 4 is 11.3 Å². The molecule has 0 radical (unpaired) electrons. The van der Waals surface area contributed by atoms with Crippen molar-refractivity contribution in [3.8, 4) is 16.9 Å². The number of hydrogen-bond donors (Lipinski definition) is 1. The lowest BCUT2D eigenvalue weighted by molar-refractivity contribution is 0.414. The lowest BCUT2D eigenvalue weighted by atomic mass is 10.00. The Morgan fingerprint density at radius 1 is 1.21 bits per heavy atom. The number of hydrogen-bond acceptors (Lipinski definition) is 3. The van der Waals surface area contributed by atoms with Crippen LogP contribution in [-0.4, -0.2) is 13.2 Å². The van der Waals surface area contributed by atoms with Crippen LogP contribution in [0.2, 0.25) is 0 Å². The first-order valence-electron chi connectivity index (χ1n) is 6.56. The Labute approximate surface area is 119 Å². The molecule has 1 N–H and O–H groups in total. The van der Waals surface area contributed by atoms with Crippen molar-refractivity contribution in [2.24, 2.45) is 0 Å². The summed E-state index contributed by atoms with van der Waals surface area (Å²) in [5.74, 6) is 0.914. The van der Waals surface area contributed by atoms with Crippen molar-refractivity contribution in [1.82, 2.24) is 5.32 Å². The monoisotopic (exact) mass is 275 g/mol. The molecule has 2 nitrogen and oxygen atoms in total. The number of ether oxygens (including phenoxy) is 1. The molecule has 19 heavy (non-hydrogen) atoms. The van der Waals surface area contributed by atoms with Crippen LogP contribution in [-0.2, 0) is 6.54 Å². The van der Waals surface area contributed by atoms with E-state index >= 15 is 0 Å². The third kappa shape index (κ3) is 3.37. The molecule has 1 heterocycles. The van der Waals surface area contributed by atoms with E-state index in [1.165, 1.54) is 21.6 Å². The van der Waals surface area contributed by atoms with Gasteiger partial charge in [-0.05, 0) is 47.2 Å². The molecule has 102 valence electrons. The molecule has 0 amide bonds. The van der Waals surface area contributed by atoms with Crippen LogP contribution in [0.1, 0.15) is 24.3 Å². The van der Waals surface area contributed by atoms with Gasteiger partial charge in [0.1, 0.15) is 5.75 Å². The highest BCUT2D eigenvalue weighted by atomic mass is 32.1. The first-order valence-corrected chi connectivity index (χ1v) is 7.44. The quantitative estimate of drug-likeness (QED) is 0.881. The lowest BCUT2D eigenvalue weighted by Gasteiger charge is -2.14. The Bertz CT molecular complexity index is 545. The van der Waals surface area contributed by atoms with Gasteiger partial charge < -0.3 is 10.1 Å². The first-order chi connectivity index (χ1) is 9.11. The van der Waals surface area contributed by atoms with Gasteiger partial charge in [0.05, 0.1) is 7.11 Å². The van der Waals surface area contributed by atoms with Crippen molar-refractivity contribution in [2.75, 3.05) is 7.11 Å². The van der Waals surface area contributed by atoms with E-state index in [0.29, 0.717) is 6.04 Å². The minimum Gasteiger partial charge on any atom is -0.497 e. The van der Waals surface area contributed by atoms with Crippen molar-refractivity contribution in [3.05, 3.63) is 40.1 Å². The highest BCUT2D eigenvalue weighted by molar-refractivity contribution is 7.10. The van der Waals surface area contributed by atoms with Gasteiger partial charge in [-0.3, -0.25) is 0 Å². The summed E-state index contributed by atoms with van der Waals surface area (Å²) in [6, 6.07) is 8.99. The van der Waals surface area contributed by atoms with E-state index in [4.69, 9.17) is 4.74 Å². The van der Waals surface area contributed by atoms with E-state index < -0.39 is 0 Å². The lowest BCUT2D eigenvalue weighted by Crippen LogP contribution is -2.22. The van der Waals surface area contributed by atoms with Gasteiger partial charge in [-0.1, -0.05) is 19.9 Å². The number of benzene rings is 1. The molecule has 2 rings (SSSR count). The van der Waals surface area contributed by atoms with Crippen LogP contribution in [0.15, 0.2) is 29.6 Å². The molecule has 0 fully saturated rings. The molecule has 0 aliphatic heterocycles. The molecule has 0 spiro atoms. The van der Waals surface area contributed by atoms with E-state index in [-0.39, 0.29) is 0 Å². The smallest absolute Gasteiger partial charge is 0.119 e. The number of rotatable bonds is 5. The summed E-state index contributed by atoms with van der Waals surface area (Å²) in [5, 5.41) is 5.63. The molecule has 2 aromatic rings. The second-order valence-corrected chi connectivity index (χ2v) is 6.07. The Kier molecular flexibility index (Phi) is 4.61. The predicted molar refractivity (Wildman–Crippen MR) is 83.0 cm³/mol. The van der Waals surface area contributed by atoms with Gasteiger partial charge in [-0.2, -0.15) is 0 Å². The second-order valence-electron chi connectivity index (χ2n) is 4.95. The zero-order valence-corrected chi connectivity index (χ0v) is 12.8. The molecule has 0 aliphatic carbocycles. The molecule has 0 unspecified atom stereocenters. The summed E-state index contributed by atoms with van der Waals surface area (Å²) >= 11 is 1.79. The highest BCUT2D eigenvalue weighted by Gasteiger charge is 2.10. The topological polar surface area (TPSA) is 21.3 Å². The zero-order chi connectivity index (χ0) is 13.8. The molecule has 0 saturated carbocycles. The van der Waals surface area contributed by atoms with Gasteiger partial charge in [0.2, 0.25) is 0 Å². The molecular formula is C16H21NOS. The zero-order valence-electron chi connectivity index (χ0n) is 12.0. The molecule has 3 heteroatoms.